The van der Waals surface area contributed by atoms with E-state index in [9.17, 15) is 9.59 Å². The van der Waals surface area contributed by atoms with E-state index in [1.807, 2.05) is 11.8 Å². The van der Waals surface area contributed by atoms with Crippen LogP contribution >= 0.6 is 0 Å². The molecule has 3 fully saturated rings. The number of nitrogens with one attached hydrogen (secondary N) is 2. The van der Waals surface area contributed by atoms with Gasteiger partial charge in [0.1, 0.15) is 0 Å². The number of nitrogens with zero attached hydrogens (tertiary/aromatic N) is 2. The molecule has 0 aromatic rings. The molecule has 118 valence electrons. The number of hydrogen-bond acceptors (Lipinski definition) is 4. The van der Waals surface area contributed by atoms with Gasteiger partial charge in [-0.15, -0.1) is 0 Å². The van der Waals surface area contributed by atoms with Crippen LogP contribution in [0.1, 0.15) is 32.6 Å². The molecule has 3 rings (SSSR count). The van der Waals surface area contributed by atoms with Gasteiger partial charge in [0.25, 0.3) is 0 Å². The Bertz CT molecular complexity index is 396. The van der Waals surface area contributed by atoms with E-state index in [2.05, 4.69) is 15.5 Å². The third-order valence-electron chi connectivity index (χ3n) is 4.84. The number of rotatable bonds is 4. The van der Waals surface area contributed by atoms with Gasteiger partial charge in [0.15, 0.2) is 0 Å². The molecule has 1 aliphatic carbocycles. The van der Waals surface area contributed by atoms with Gasteiger partial charge in [0.2, 0.25) is 11.8 Å². The Morgan fingerprint density at radius 1 is 1.14 bits per heavy atom. The fourth-order valence-electron chi connectivity index (χ4n) is 3.16. The molecule has 2 unspecified atom stereocenters. The standard InChI is InChI=1S/C15H26N4O2/c1-11(14(20)17-12-4-5-12)18-7-9-19(10-8-18)15(21)13-3-2-6-16-13/h11-13,16H,2-10H2,1H3,(H,17,20). The summed E-state index contributed by atoms with van der Waals surface area (Å²) in [6.45, 7) is 5.97. The minimum Gasteiger partial charge on any atom is -0.352 e. The van der Waals surface area contributed by atoms with Crippen molar-refractivity contribution in [3.8, 4) is 0 Å². The number of piperazine rings is 1. The second-order valence-corrected chi connectivity index (χ2v) is 6.47. The van der Waals surface area contributed by atoms with Gasteiger partial charge in [0.05, 0.1) is 12.1 Å². The average Bonchev–Trinajstić information content (AvgIpc) is 3.15. The molecule has 2 saturated heterocycles. The highest BCUT2D eigenvalue weighted by Crippen LogP contribution is 2.19. The summed E-state index contributed by atoms with van der Waals surface area (Å²) in [4.78, 5) is 28.5. The van der Waals surface area contributed by atoms with E-state index in [4.69, 9.17) is 0 Å². The predicted octanol–water partition coefficient (Wildman–Crippen LogP) is -0.450. The second-order valence-electron chi connectivity index (χ2n) is 6.47. The van der Waals surface area contributed by atoms with Crippen molar-refractivity contribution in [3.63, 3.8) is 0 Å². The van der Waals surface area contributed by atoms with Crippen LogP contribution in [0, 0.1) is 0 Å². The summed E-state index contributed by atoms with van der Waals surface area (Å²) in [6.07, 6.45) is 4.29. The van der Waals surface area contributed by atoms with Crippen molar-refractivity contribution in [3.05, 3.63) is 0 Å². The molecule has 6 nitrogen and oxygen atoms in total. The average molecular weight is 294 g/mol. The van der Waals surface area contributed by atoms with Crippen molar-refractivity contribution >= 4 is 11.8 Å². The molecule has 1 saturated carbocycles. The third-order valence-corrected chi connectivity index (χ3v) is 4.84. The molecule has 0 radical (unpaired) electrons. The number of carbonyl (C=O) groups excluding carboxylic acids is 2. The highest BCUT2D eigenvalue weighted by molar-refractivity contribution is 5.83. The van der Waals surface area contributed by atoms with Gasteiger partial charge in [-0.25, -0.2) is 0 Å². The first-order chi connectivity index (χ1) is 10.1. The first-order valence-electron chi connectivity index (χ1n) is 8.22. The Hall–Kier alpha value is -1.14. The predicted molar refractivity (Wildman–Crippen MR) is 79.8 cm³/mol. The molecule has 0 bridgehead atoms. The van der Waals surface area contributed by atoms with E-state index in [1.54, 1.807) is 0 Å². The Balaban J connectivity index is 1.45. The van der Waals surface area contributed by atoms with Crippen LogP contribution in [0.4, 0.5) is 0 Å². The molecule has 0 aromatic carbocycles. The second kappa shape index (κ2) is 6.32. The Labute approximate surface area is 126 Å². The number of carbonyl (C=O) groups is 2. The monoisotopic (exact) mass is 294 g/mol. The van der Waals surface area contributed by atoms with E-state index in [1.165, 1.54) is 0 Å². The molecule has 2 heterocycles. The van der Waals surface area contributed by atoms with Crippen molar-refractivity contribution < 1.29 is 9.59 Å². The normalized spacial score (nSPS) is 28.4. The van der Waals surface area contributed by atoms with E-state index >= 15 is 0 Å². The zero-order valence-corrected chi connectivity index (χ0v) is 12.8. The Morgan fingerprint density at radius 2 is 1.86 bits per heavy atom. The Morgan fingerprint density at radius 3 is 2.43 bits per heavy atom. The minimum atomic E-state index is -0.0903. The van der Waals surface area contributed by atoms with Gasteiger partial charge in [-0.2, -0.15) is 0 Å². The van der Waals surface area contributed by atoms with E-state index in [0.717, 1.165) is 58.4 Å². The number of hydrogen-bond donors (Lipinski definition) is 2. The lowest BCUT2D eigenvalue weighted by Gasteiger charge is -2.38. The van der Waals surface area contributed by atoms with Gasteiger partial charge >= 0.3 is 0 Å². The molecule has 2 atom stereocenters. The van der Waals surface area contributed by atoms with Crippen LogP contribution in [0.15, 0.2) is 0 Å². The van der Waals surface area contributed by atoms with E-state index < -0.39 is 0 Å². The maximum Gasteiger partial charge on any atom is 0.239 e. The van der Waals surface area contributed by atoms with Crippen molar-refractivity contribution in [2.24, 2.45) is 0 Å². The summed E-state index contributed by atoms with van der Waals surface area (Å²) in [5, 5.41) is 6.32. The first kappa shape index (κ1) is 14.8. The molecule has 2 N–H and O–H groups in total. The maximum atomic E-state index is 12.3. The molecular formula is C15H26N4O2. The molecule has 0 aromatic heterocycles. The lowest BCUT2D eigenvalue weighted by atomic mass is 10.1. The lowest BCUT2D eigenvalue weighted by Crippen LogP contribution is -2.57. The van der Waals surface area contributed by atoms with Gasteiger partial charge in [-0.05, 0) is 39.2 Å². The van der Waals surface area contributed by atoms with Crippen LogP contribution < -0.4 is 10.6 Å². The highest BCUT2D eigenvalue weighted by atomic mass is 16.2. The van der Waals surface area contributed by atoms with Crippen molar-refractivity contribution in [1.29, 1.82) is 0 Å². The third kappa shape index (κ3) is 3.55. The number of amides is 2. The SMILES string of the molecule is CC(C(=O)NC1CC1)N1CCN(C(=O)C2CCCN2)CC1. The molecular weight excluding hydrogens is 268 g/mol. The first-order valence-corrected chi connectivity index (χ1v) is 8.22. The van der Waals surface area contributed by atoms with Gasteiger partial charge in [-0.3, -0.25) is 14.5 Å². The molecule has 21 heavy (non-hydrogen) atoms. The Kier molecular flexibility index (Phi) is 4.45. The van der Waals surface area contributed by atoms with Crippen LogP contribution in [-0.4, -0.2) is 72.5 Å². The summed E-state index contributed by atoms with van der Waals surface area (Å²) in [5.74, 6) is 0.372. The molecule has 6 heteroatoms. The zero-order valence-electron chi connectivity index (χ0n) is 12.8. The van der Waals surface area contributed by atoms with Gasteiger partial charge in [-0.1, -0.05) is 0 Å². The summed E-state index contributed by atoms with van der Waals surface area (Å²) in [7, 11) is 0. The van der Waals surface area contributed by atoms with Crippen LogP contribution in [0.25, 0.3) is 0 Å². The smallest absolute Gasteiger partial charge is 0.239 e. The molecule has 2 aliphatic heterocycles. The van der Waals surface area contributed by atoms with Crippen molar-refractivity contribution in [2.75, 3.05) is 32.7 Å². The fourth-order valence-corrected chi connectivity index (χ4v) is 3.16. The van der Waals surface area contributed by atoms with Crippen LogP contribution in [0.5, 0.6) is 0 Å². The summed E-state index contributed by atoms with van der Waals surface area (Å²) >= 11 is 0. The maximum absolute atomic E-state index is 12.3. The lowest BCUT2D eigenvalue weighted by molar-refractivity contribution is -0.136. The van der Waals surface area contributed by atoms with Crippen LogP contribution in [0.3, 0.4) is 0 Å². The molecule has 2 amide bonds. The fraction of sp³-hybridized carbons (Fsp3) is 0.867. The zero-order chi connectivity index (χ0) is 14.8. The van der Waals surface area contributed by atoms with Crippen molar-refractivity contribution in [1.82, 2.24) is 20.4 Å². The van der Waals surface area contributed by atoms with Gasteiger partial charge < -0.3 is 15.5 Å². The topological polar surface area (TPSA) is 64.7 Å². The van der Waals surface area contributed by atoms with Crippen LogP contribution in [0.2, 0.25) is 0 Å². The van der Waals surface area contributed by atoms with E-state index in [-0.39, 0.29) is 23.9 Å². The highest BCUT2D eigenvalue weighted by Gasteiger charge is 2.33. The van der Waals surface area contributed by atoms with Crippen LogP contribution in [-0.2, 0) is 9.59 Å². The summed E-state index contributed by atoms with van der Waals surface area (Å²) < 4.78 is 0. The quantitative estimate of drug-likeness (QED) is 0.737. The molecule has 0 spiro atoms. The van der Waals surface area contributed by atoms with Crippen molar-refractivity contribution in [2.45, 2.75) is 50.7 Å². The largest absolute Gasteiger partial charge is 0.352 e. The summed E-state index contributed by atoms with van der Waals surface area (Å²) in [5.41, 5.74) is 0. The van der Waals surface area contributed by atoms with E-state index in [0.29, 0.717) is 6.04 Å². The minimum absolute atomic E-state index is 0.0205. The van der Waals surface area contributed by atoms with Gasteiger partial charge in [0, 0.05) is 32.2 Å². The summed E-state index contributed by atoms with van der Waals surface area (Å²) in [6, 6.07) is 0.343. The molecule has 3 aliphatic rings.